The van der Waals surface area contributed by atoms with Gasteiger partial charge < -0.3 is 14.6 Å². The highest BCUT2D eigenvalue weighted by atomic mass is 35.5. The molecule has 0 aromatic heterocycles. The molecule has 1 fully saturated rings. The number of Topliss-reactive ketones (excluding diaryl/α,β-unsaturated/α-hetero) is 1. The standard InChI is InChI=1S/C28H32Cl2O5/c1-28(20-6-2-3-7-20)17-19-16-22(25(29)26(30)24(19)27(28)33)35-15-5-4-14-34-21-11-8-18(9-12-21)10-13-23(31)32/h8-9,11-12,16,20H,2-7,10,13-15,17H2,1H3,(H,31,32). The first kappa shape index (κ1) is 25.8. The summed E-state index contributed by atoms with van der Waals surface area (Å²) in [7, 11) is 0. The maximum absolute atomic E-state index is 13.3. The molecule has 0 aliphatic heterocycles. The zero-order chi connectivity index (χ0) is 25.0. The number of ketones is 1. The lowest BCUT2D eigenvalue weighted by molar-refractivity contribution is -0.136. The van der Waals surface area contributed by atoms with Crippen molar-refractivity contribution in [2.75, 3.05) is 13.2 Å². The van der Waals surface area contributed by atoms with E-state index in [4.69, 9.17) is 37.8 Å². The third-order valence-corrected chi connectivity index (χ3v) is 8.28. The van der Waals surface area contributed by atoms with E-state index in [2.05, 4.69) is 6.92 Å². The Morgan fingerprint density at radius 2 is 1.71 bits per heavy atom. The number of unbranched alkanes of at least 4 members (excludes halogenated alkanes) is 1. The van der Waals surface area contributed by atoms with Gasteiger partial charge >= 0.3 is 5.97 Å². The molecule has 2 aliphatic carbocycles. The molecular formula is C28H32Cl2O5. The monoisotopic (exact) mass is 518 g/mol. The fraction of sp³-hybridized carbons (Fsp3) is 0.500. The van der Waals surface area contributed by atoms with Gasteiger partial charge in [0, 0.05) is 17.4 Å². The first-order chi connectivity index (χ1) is 16.8. The quantitative estimate of drug-likeness (QED) is 0.318. The molecule has 0 bridgehead atoms. The second-order valence-corrected chi connectivity index (χ2v) is 10.6. The summed E-state index contributed by atoms with van der Waals surface area (Å²) in [6, 6.07) is 9.41. The molecule has 0 spiro atoms. The number of ether oxygens (including phenoxy) is 2. The summed E-state index contributed by atoms with van der Waals surface area (Å²) in [5.74, 6) is 1.03. The number of hydrogen-bond donors (Lipinski definition) is 1. The molecule has 1 unspecified atom stereocenters. The van der Waals surface area contributed by atoms with Gasteiger partial charge in [0.2, 0.25) is 0 Å². The van der Waals surface area contributed by atoms with Crippen LogP contribution in [-0.2, 0) is 17.6 Å². The summed E-state index contributed by atoms with van der Waals surface area (Å²) in [5.41, 5.74) is 2.11. The maximum atomic E-state index is 13.3. The third kappa shape index (κ3) is 5.78. The summed E-state index contributed by atoms with van der Waals surface area (Å²) in [6.07, 6.45) is 7.48. The molecule has 1 atom stereocenters. The van der Waals surface area contributed by atoms with E-state index in [1.54, 1.807) is 0 Å². The zero-order valence-electron chi connectivity index (χ0n) is 20.1. The van der Waals surface area contributed by atoms with Crippen molar-refractivity contribution in [2.45, 2.75) is 64.7 Å². The lowest BCUT2D eigenvalue weighted by Crippen LogP contribution is -2.32. The van der Waals surface area contributed by atoms with Crippen LogP contribution in [0.1, 0.15) is 73.4 Å². The maximum Gasteiger partial charge on any atom is 0.303 e. The van der Waals surface area contributed by atoms with Crippen LogP contribution in [0.2, 0.25) is 10.0 Å². The number of carbonyl (C=O) groups excluding carboxylic acids is 1. The molecule has 2 aliphatic rings. The van der Waals surface area contributed by atoms with Gasteiger partial charge in [-0.25, -0.2) is 0 Å². The minimum atomic E-state index is -0.799. The second kappa shape index (κ2) is 11.2. The van der Waals surface area contributed by atoms with E-state index in [0.717, 1.165) is 42.6 Å². The van der Waals surface area contributed by atoms with E-state index in [-0.39, 0.29) is 12.2 Å². The van der Waals surface area contributed by atoms with Crippen LogP contribution in [-0.4, -0.2) is 30.1 Å². The lowest BCUT2D eigenvalue weighted by atomic mass is 9.73. The van der Waals surface area contributed by atoms with Crippen LogP contribution >= 0.6 is 23.2 Å². The van der Waals surface area contributed by atoms with Crippen molar-refractivity contribution in [1.82, 2.24) is 0 Å². The molecule has 4 rings (SSSR count). The highest BCUT2D eigenvalue weighted by Crippen LogP contribution is 2.52. The number of hydrogen-bond acceptors (Lipinski definition) is 4. The summed E-state index contributed by atoms with van der Waals surface area (Å²) in [4.78, 5) is 24.0. The van der Waals surface area contributed by atoms with Crippen molar-refractivity contribution >= 4 is 35.0 Å². The molecule has 1 saturated carbocycles. The average molecular weight is 519 g/mol. The molecule has 0 amide bonds. The van der Waals surface area contributed by atoms with Gasteiger partial charge in [-0.3, -0.25) is 9.59 Å². The Hall–Kier alpha value is -2.24. The molecular weight excluding hydrogens is 487 g/mol. The highest BCUT2D eigenvalue weighted by molar-refractivity contribution is 6.45. The first-order valence-electron chi connectivity index (χ1n) is 12.4. The van der Waals surface area contributed by atoms with Crippen LogP contribution in [0.3, 0.4) is 0 Å². The highest BCUT2D eigenvalue weighted by Gasteiger charge is 2.49. The number of fused-ring (bicyclic) bond motifs is 1. The van der Waals surface area contributed by atoms with Crippen molar-refractivity contribution < 1.29 is 24.2 Å². The number of carboxylic acid groups (broad SMARTS) is 1. The van der Waals surface area contributed by atoms with E-state index in [1.807, 2.05) is 30.3 Å². The van der Waals surface area contributed by atoms with E-state index in [9.17, 15) is 9.59 Å². The molecule has 0 radical (unpaired) electrons. The van der Waals surface area contributed by atoms with E-state index in [0.29, 0.717) is 53.3 Å². The van der Waals surface area contributed by atoms with Crippen LogP contribution in [0, 0.1) is 11.3 Å². The Bertz CT molecular complexity index is 1080. The fourth-order valence-electron chi connectivity index (χ4n) is 5.38. The molecule has 0 heterocycles. The fourth-order valence-corrected chi connectivity index (χ4v) is 5.88. The molecule has 2 aromatic rings. The molecule has 0 saturated heterocycles. The topological polar surface area (TPSA) is 72.8 Å². The van der Waals surface area contributed by atoms with Crippen molar-refractivity contribution in [3.8, 4) is 11.5 Å². The largest absolute Gasteiger partial charge is 0.494 e. The van der Waals surface area contributed by atoms with Crippen LogP contribution < -0.4 is 9.47 Å². The minimum absolute atomic E-state index is 0.121. The predicted octanol–water partition coefficient (Wildman–Crippen LogP) is 7.18. The average Bonchev–Trinajstić information content (AvgIpc) is 3.46. The van der Waals surface area contributed by atoms with Gasteiger partial charge in [-0.15, -0.1) is 0 Å². The van der Waals surface area contributed by atoms with Gasteiger partial charge in [0.25, 0.3) is 0 Å². The molecule has 188 valence electrons. The molecule has 7 heteroatoms. The summed E-state index contributed by atoms with van der Waals surface area (Å²) < 4.78 is 11.7. The third-order valence-electron chi connectivity index (χ3n) is 7.43. The number of carbonyl (C=O) groups is 2. The van der Waals surface area contributed by atoms with Crippen molar-refractivity contribution in [3.05, 3.63) is 57.1 Å². The van der Waals surface area contributed by atoms with Crippen molar-refractivity contribution in [1.29, 1.82) is 0 Å². The first-order valence-corrected chi connectivity index (χ1v) is 13.2. The Morgan fingerprint density at radius 1 is 1.06 bits per heavy atom. The Kier molecular flexibility index (Phi) is 8.28. The molecule has 35 heavy (non-hydrogen) atoms. The Balaban J connectivity index is 1.26. The molecule has 1 N–H and O–H groups in total. The van der Waals surface area contributed by atoms with E-state index in [1.165, 1.54) is 12.8 Å². The predicted molar refractivity (Wildman–Crippen MR) is 137 cm³/mol. The summed E-state index contributed by atoms with van der Waals surface area (Å²) >= 11 is 13.1. The normalized spacial score (nSPS) is 19.7. The van der Waals surface area contributed by atoms with Gasteiger partial charge in [-0.05, 0) is 73.8 Å². The number of rotatable bonds is 11. The van der Waals surface area contributed by atoms with Crippen LogP contribution in [0.25, 0.3) is 0 Å². The number of aryl methyl sites for hydroxylation is 1. The molecule has 5 nitrogen and oxygen atoms in total. The summed E-state index contributed by atoms with van der Waals surface area (Å²) in [6.45, 7) is 3.10. The van der Waals surface area contributed by atoms with Crippen LogP contribution in [0.4, 0.5) is 0 Å². The van der Waals surface area contributed by atoms with Crippen molar-refractivity contribution in [2.24, 2.45) is 11.3 Å². The molecule has 2 aromatic carbocycles. The van der Waals surface area contributed by atoms with Crippen LogP contribution in [0.15, 0.2) is 30.3 Å². The SMILES string of the molecule is CC1(C2CCCC2)Cc2cc(OCCCCOc3ccc(CCC(=O)O)cc3)c(Cl)c(Cl)c2C1=O. The van der Waals surface area contributed by atoms with Gasteiger partial charge in [-0.2, -0.15) is 0 Å². The van der Waals surface area contributed by atoms with Gasteiger partial charge in [0.15, 0.2) is 5.78 Å². The zero-order valence-corrected chi connectivity index (χ0v) is 21.6. The lowest BCUT2D eigenvalue weighted by Gasteiger charge is -2.29. The van der Waals surface area contributed by atoms with Gasteiger partial charge in [0.1, 0.15) is 16.5 Å². The van der Waals surface area contributed by atoms with Crippen molar-refractivity contribution in [3.63, 3.8) is 0 Å². The number of aliphatic carboxylic acids is 1. The van der Waals surface area contributed by atoms with Crippen LogP contribution in [0.5, 0.6) is 11.5 Å². The van der Waals surface area contributed by atoms with Gasteiger partial charge in [0.05, 0.1) is 18.2 Å². The van der Waals surface area contributed by atoms with Gasteiger partial charge in [-0.1, -0.05) is 55.1 Å². The minimum Gasteiger partial charge on any atom is -0.494 e. The van der Waals surface area contributed by atoms with E-state index < -0.39 is 11.4 Å². The Morgan fingerprint density at radius 3 is 2.37 bits per heavy atom. The number of benzene rings is 2. The Labute approximate surface area is 216 Å². The summed E-state index contributed by atoms with van der Waals surface area (Å²) in [5, 5.41) is 9.40. The van der Waals surface area contributed by atoms with E-state index >= 15 is 0 Å². The number of halogens is 2. The smallest absolute Gasteiger partial charge is 0.303 e. The number of carboxylic acids is 1. The second-order valence-electron chi connectivity index (χ2n) is 9.88.